The second-order valence-electron chi connectivity index (χ2n) is 11.0. The van der Waals surface area contributed by atoms with Gasteiger partial charge in [0.25, 0.3) is 5.91 Å². The zero-order valence-corrected chi connectivity index (χ0v) is 23.1. The number of benzene rings is 2. The average molecular weight is 575 g/mol. The quantitative estimate of drug-likeness (QED) is 0.518. The number of amides is 4. The molecule has 0 aliphatic carbocycles. The topological polar surface area (TPSA) is 141 Å². The number of hydrogen-bond donors (Lipinski definition) is 2. The predicted molar refractivity (Wildman–Crippen MR) is 142 cm³/mol. The number of likely N-dealkylation sites (tertiary alicyclic amines) is 1. The Labute approximate surface area is 235 Å². The minimum Gasteiger partial charge on any atom is -0.473 e. The largest absolute Gasteiger partial charge is 0.473 e. The van der Waals surface area contributed by atoms with E-state index < -0.39 is 65.3 Å². The van der Waals surface area contributed by atoms with Crippen molar-refractivity contribution in [2.24, 2.45) is 5.73 Å². The normalized spacial score (nSPS) is 20.6. The molecule has 0 bridgehead atoms. The Morgan fingerprint density at radius 3 is 2.54 bits per heavy atom. The van der Waals surface area contributed by atoms with Gasteiger partial charge < -0.3 is 30.2 Å². The van der Waals surface area contributed by atoms with Gasteiger partial charge in [-0.25, -0.2) is 13.6 Å². The van der Waals surface area contributed by atoms with Crippen LogP contribution in [-0.4, -0.2) is 77.1 Å². The van der Waals surface area contributed by atoms with E-state index in [9.17, 15) is 28.0 Å². The number of halogens is 2. The molecule has 1 saturated heterocycles. The standard InChI is InChI=1S/C28H32F2N4O7/c1-27(2,3)40-14-20(33(4)26(38)39-13-16-8-6-5-7-9-16)24(36)34-15-28(12-19(34)23(31)35)25(37)32-22-18(30)10-17(29)11-21(22)41-28/h5-11,19-20H,12-15H2,1-4H3,(H2,31,35)(H,32,37)/t19-,20-,28+/m0/s1. The van der Waals surface area contributed by atoms with Crippen LogP contribution in [0.1, 0.15) is 32.8 Å². The molecule has 41 heavy (non-hydrogen) atoms. The maximum Gasteiger partial charge on any atom is 0.410 e. The third kappa shape index (κ3) is 6.40. The van der Waals surface area contributed by atoms with Crippen molar-refractivity contribution < 1.29 is 42.2 Å². The van der Waals surface area contributed by atoms with Crippen LogP contribution in [0.2, 0.25) is 0 Å². The lowest BCUT2D eigenvalue weighted by molar-refractivity contribution is -0.145. The number of hydrogen-bond acceptors (Lipinski definition) is 7. The fraction of sp³-hybridized carbons (Fsp3) is 0.429. The van der Waals surface area contributed by atoms with Gasteiger partial charge >= 0.3 is 6.09 Å². The van der Waals surface area contributed by atoms with Crippen LogP contribution in [0.3, 0.4) is 0 Å². The molecule has 2 aromatic carbocycles. The number of nitrogens with two attached hydrogens (primary N) is 1. The number of rotatable bonds is 7. The number of carbonyl (C=O) groups is 4. The highest BCUT2D eigenvalue weighted by Gasteiger charge is 2.58. The van der Waals surface area contributed by atoms with Crippen molar-refractivity contribution >= 4 is 29.5 Å². The van der Waals surface area contributed by atoms with Crippen LogP contribution in [-0.2, 0) is 30.5 Å². The Kier molecular flexibility index (Phi) is 8.20. The average Bonchev–Trinajstić information content (AvgIpc) is 3.29. The summed E-state index contributed by atoms with van der Waals surface area (Å²) in [6.07, 6.45) is -1.22. The molecule has 11 nitrogen and oxygen atoms in total. The third-order valence-electron chi connectivity index (χ3n) is 6.83. The van der Waals surface area contributed by atoms with E-state index in [1.54, 1.807) is 45.0 Å². The maximum absolute atomic E-state index is 14.3. The molecular weight excluding hydrogens is 542 g/mol. The van der Waals surface area contributed by atoms with Crippen LogP contribution >= 0.6 is 0 Å². The summed E-state index contributed by atoms with van der Waals surface area (Å²) in [7, 11) is 1.35. The Balaban J connectivity index is 1.60. The van der Waals surface area contributed by atoms with Crippen molar-refractivity contribution in [3.8, 4) is 5.75 Å². The molecular formula is C28H32F2N4O7. The van der Waals surface area contributed by atoms with E-state index in [4.69, 9.17) is 19.9 Å². The molecule has 3 N–H and O–H groups in total. The van der Waals surface area contributed by atoms with Crippen LogP contribution < -0.4 is 15.8 Å². The fourth-order valence-electron chi connectivity index (χ4n) is 4.65. The Bertz CT molecular complexity index is 1350. The van der Waals surface area contributed by atoms with Crippen molar-refractivity contribution in [3.63, 3.8) is 0 Å². The fourth-order valence-corrected chi connectivity index (χ4v) is 4.65. The Hall–Kier alpha value is -4.26. The van der Waals surface area contributed by atoms with E-state index in [1.807, 2.05) is 6.07 Å². The highest BCUT2D eigenvalue weighted by molar-refractivity contribution is 6.03. The molecule has 0 unspecified atom stereocenters. The highest BCUT2D eigenvalue weighted by atomic mass is 19.1. The molecule has 3 atom stereocenters. The Morgan fingerprint density at radius 1 is 1.22 bits per heavy atom. The second-order valence-corrected chi connectivity index (χ2v) is 11.0. The van der Waals surface area contributed by atoms with E-state index in [-0.39, 0.29) is 31.1 Å². The molecule has 4 amide bonds. The zero-order chi connectivity index (χ0) is 30.1. The number of primary amides is 1. The van der Waals surface area contributed by atoms with Crippen LogP contribution in [0.5, 0.6) is 5.75 Å². The number of carbonyl (C=O) groups excluding carboxylic acids is 4. The van der Waals surface area contributed by atoms with E-state index >= 15 is 0 Å². The van der Waals surface area contributed by atoms with Gasteiger partial charge in [-0.1, -0.05) is 30.3 Å². The SMILES string of the molecule is CN(C(=O)OCc1ccccc1)[C@@H](COC(C)(C)C)C(=O)N1C[C@@]2(C[C@H]1C(N)=O)Oc1cc(F)cc(F)c1NC2=O. The molecule has 1 spiro atoms. The van der Waals surface area contributed by atoms with Crippen molar-refractivity contribution in [2.75, 3.05) is 25.5 Å². The summed E-state index contributed by atoms with van der Waals surface area (Å²) in [5, 5.41) is 2.35. The summed E-state index contributed by atoms with van der Waals surface area (Å²) in [6.45, 7) is 4.46. The summed E-state index contributed by atoms with van der Waals surface area (Å²) >= 11 is 0. The lowest BCUT2D eigenvalue weighted by atomic mass is 9.96. The first kappa shape index (κ1) is 29.7. The number of ether oxygens (including phenoxy) is 3. The summed E-state index contributed by atoms with van der Waals surface area (Å²) in [6, 6.07) is 7.78. The summed E-state index contributed by atoms with van der Waals surface area (Å²) in [5.74, 6) is -4.83. The molecule has 1 fully saturated rings. The van der Waals surface area contributed by atoms with Crippen LogP contribution in [0, 0.1) is 11.6 Å². The first-order chi connectivity index (χ1) is 19.2. The molecule has 2 aliphatic rings. The molecule has 0 saturated carbocycles. The Morgan fingerprint density at radius 2 is 1.90 bits per heavy atom. The zero-order valence-electron chi connectivity index (χ0n) is 23.1. The molecule has 2 heterocycles. The number of likely N-dealkylation sites (N-methyl/N-ethyl adjacent to an activating group) is 1. The number of nitrogens with zero attached hydrogens (tertiary/aromatic N) is 2. The molecule has 2 aliphatic heterocycles. The lowest BCUT2D eigenvalue weighted by Gasteiger charge is -2.35. The first-order valence-corrected chi connectivity index (χ1v) is 12.9. The van der Waals surface area contributed by atoms with Gasteiger partial charge in [0, 0.05) is 25.6 Å². The molecule has 4 rings (SSSR count). The van der Waals surface area contributed by atoms with Gasteiger partial charge in [-0.05, 0) is 26.3 Å². The van der Waals surface area contributed by atoms with E-state index in [0.717, 1.165) is 21.4 Å². The van der Waals surface area contributed by atoms with Gasteiger partial charge in [-0.2, -0.15) is 0 Å². The van der Waals surface area contributed by atoms with Gasteiger partial charge in [0.2, 0.25) is 17.4 Å². The monoisotopic (exact) mass is 574 g/mol. The number of anilines is 1. The molecule has 2 aromatic rings. The summed E-state index contributed by atoms with van der Waals surface area (Å²) in [4.78, 5) is 54.7. The molecule has 0 aromatic heterocycles. The van der Waals surface area contributed by atoms with Crippen molar-refractivity contribution in [3.05, 3.63) is 59.7 Å². The lowest BCUT2D eigenvalue weighted by Crippen LogP contribution is -2.57. The molecule has 0 radical (unpaired) electrons. The molecule has 220 valence electrons. The van der Waals surface area contributed by atoms with E-state index in [0.29, 0.717) is 6.07 Å². The summed E-state index contributed by atoms with van der Waals surface area (Å²) < 4.78 is 45.2. The predicted octanol–water partition coefficient (Wildman–Crippen LogP) is 2.57. The summed E-state index contributed by atoms with van der Waals surface area (Å²) in [5.41, 5.74) is 3.41. The van der Waals surface area contributed by atoms with E-state index in [1.165, 1.54) is 7.05 Å². The first-order valence-electron chi connectivity index (χ1n) is 12.9. The van der Waals surface area contributed by atoms with Crippen LogP contribution in [0.4, 0.5) is 19.3 Å². The maximum atomic E-state index is 14.3. The minimum absolute atomic E-state index is 0.0532. The van der Waals surface area contributed by atoms with Gasteiger partial charge in [0.05, 0.1) is 18.8 Å². The van der Waals surface area contributed by atoms with Crippen LogP contribution in [0.15, 0.2) is 42.5 Å². The van der Waals surface area contributed by atoms with Crippen molar-refractivity contribution in [2.45, 2.75) is 57.1 Å². The van der Waals surface area contributed by atoms with Gasteiger partial charge in [-0.3, -0.25) is 19.3 Å². The van der Waals surface area contributed by atoms with Gasteiger partial charge in [-0.15, -0.1) is 0 Å². The number of fused-ring (bicyclic) bond motifs is 1. The van der Waals surface area contributed by atoms with Gasteiger partial charge in [0.1, 0.15) is 30.2 Å². The minimum atomic E-state index is -1.87. The van der Waals surface area contributed by atoms with Crippen LogP contribution in [0.25, 0.3) is 0 Å². The molecule has 13 heteroatoms. The van der Waals surface area contributed by atoms with Gasteiger partial charge in [0.15, 0.2) is 11.6 Å². The van der Waals surface area contributed by atoms with E-state index in [2.05, 4.69) is 5.32 Å². The highest BCUT2D eigenvalue weighted by Crippen LogP contribution is 2.42. The van der Waals surface area contributed by atoms with Crippen molar-refractivity contribution in [1.29, 1.82) is 0 Å². The smallest absolute Gasteiger partial charge is 0.410 e. The second kappa shape index (κ2) is 11.3. The number of nitrogens with one attached hydrogen (secondary N) is 1. The third-order valence-corrected chi connectivity index (χ3v) is 6.83. The van der Waals surface area contributed by atoms with Crippen molar-refractivity contribution in [1.82, 2.24) is 9.80 Å².